The molecule has 1 aromatic carbocycles. The first kappa shape index (κ1) is 8.88. The lowest BCUT2D eigenvalue weighted by molar-refractivity contribution is 1.07. The molecule has 0 atom stereocenters. The smallest absolute Gasteiger partial charge is 0.0470 e. The van der Waals surface area contributed by atoms with Gasteiger partial charge in [-0.05, 0) is 36.2 Å². The van der Waals surface area contributed by atoms with Gasteiger partial charge in [0.2, 0.25) is 0 Å². The number of nitrogens with zero attached hydrogens (tertiary/aromatic N) is 1. The molecule has 0 spiro atoms. The SMILES string of the molecule is CCc1ccc(-n2cccc2)cc1N. The van der Waals surface area contributed by atoms with Crippen LogP contribution in [0.1, 0.15) is 12.5 Å². The molecular formula is C12H14N2. The Morgan fingerprint density at radius 3 is 2.50 bits per heavy atom. The number of hydrogen-bond donors (Lipinski definition) is 1. The Bertz CT molecular complexity index is 416. The number of nitrogen functional groups attached to an aromatic ring is 1. The average molecular weight is 186 g/mol. The van der Waals surface area contributed by atoms with Crippen LogP contribution < -0.4 is 5.73 Å². The summed E-state index contributed by atoms with van der Waals surface area (Å²) in [5.74, 6) is 0. The number of anilines is 1. The van der Waals surface area contributed by atoms with Crippen LogP contribution in [-0.4, -0.2) is 4.57 Å². The molecule has 0 amide bonds. The fourth-order valence-electron chi connectivity index (χ4n) is 1.57. The molecule has 2 nitrogen and oxygen atoms in total. The van der Waals surface area contributed by atoms with Crippen LogP contribution in [-0.2, 0) is 6.42 Å². The minimum Gasteiger partial charge on any atom is -0.398 e. The van der Waals surface area contributed by atoms with Crippen molar-refractivity contribution in [3.05, 3.63) is 48.3 Å². The molecule has 1 aromatic heterocycles. The fraction of sp³-hybridized carbons (Fsp3) is 0.167. The Labute approximate surface area is 84.0 Å². The summed E-state index contributed by atoms with van der Waals surface area (Å²) >= 11 is 0. The maximum atomic E-state index is 5.92. The summed E-state index contributed by atoms with van der Waals surface area (Å²) in [7, 11) is 0. The van der Waals surface area contributed by atoms with Crippen molar-refractivity contribution in [1.82, 2.24) is 4.57 Å². The minimum atomic E-state index is 0.874. The van der Waals surface area contributed by atoms with E-state index in [0.29, 0.717) is 0 Å². The van der Waals surface area contributed by atoms with Crippen LogP contribution in [0.25, 0.3) is 5.69 Å². The number of benzene rings is 1. The van der Waals surface area contributed by atoms with E-state index in [-0.39, 0.29) is 0 Å². The van der Waals surface area contributed by atoms with Gasteiger partial charge in [-0.15, -0.1) is 0 Å². The summed E-state index contributed by atoms with van der Waals surface area (Å²) < 4.78 is 2.05. The van der Waals surface area contributed by atoms with Crippen molar-refractivity contribution in [2.45, 2.75) is 13.3 Å². The lowest BCUT2D eigenvalue weighted by Gasteiger charge is -2.07. The summed E-state index contributed by atoms with van der Waals surface area (Å²) in [6.07, 6.45) is 5.01. The Morgan fingerprint density at radius 1 is 1.21 bits per heavy atom. The number of aryl methyl sites for hydroxylation is 1. The number of rotatable bonds is 2. The van der Waals surface area contributed by atoms with Gasteiger partial charge < -0.3 is 10.3 Å². The summed E-state index contributed by atoms with van der Waals surface area (Å²) in [5, 5.41) is 0. The van der Waals surface area contributed by atoms with Crippen LogP contribution >= 0.6 is 0 Å². The van der Waals surface area contributed by atoms with Crippen LogP contribution in [0.2, 0.25) is 0 Å². The molecule has 0 unspecified atom stereocenters. The Balaban J connectivity index is 2.43. The van der Waals surface area contributed by atoms with Crippen LogP contribution in [0.5, 0.6) is 0 Å². The molecule has 0 aliphatic heterocycles. The molecular weight excluding hydrogens is 172 g/mol. The van der Waals surface area contributed by atoms with Gasteiger partial charge in [-0.1, -0.05) is 13.0 Å². The van der Waals surface area contributed by atoms with Gasteiger partial charge in [-0.25, -0.2) is 0 Å². The Morgan fingerprint density at radius 2 is 1.93 bits per heavy atom. The molecule has 2 rings (SSSR count). The van der Waals surface area contributed by atoms with Gasteiger partial charge in [0.05, 0.1) is 0 Å². The third-order valence-electron chi connectivity index (χ3n) is 2.41. The maximum absolute atomic E-state index is 5.92. The first-order valence-electron chi connectivity index (χ1n) is 4.83. The van der Waals surface area contributed by atoms with Crippen molar-refractivity contribution >= 4 is 5.69 Å². The molecule has 0 radical (unpaired) electrons. The molecule has 2 heteroatoms. The molecule has 14 heavy (non-hydrogen) atoms. The monoisotopic (exact) mass is 186 g/mol. The molecule has 1 heterocycles. The molecule has 0 aliphatic carbocycles. The molecule has 2 aromatic rings. The van der Waals surface area contributed by atoms with E-state index in [1.165, 1.54) is 5.56 Å². The average Bonchev–Trinajstić information content (AvgIpc) is 2.70. The van der Waals surface area contributed by atoms with E-state index < -0.39 is 0 Å². The van der Waals surface area contributed by atoms with Crippen LogP contribution in [0.15, 0.2) is 42.7 Å². The van der Waals surface area contributed by atoms with Crippen LogP contribution in [0.4, 0.5) is 5.69 Å². The molecule has 0 aliphatic rings. The van der Waals surface area contributed by atoms with E-state index in [1.54, 1.807) is 0 Å². The largest absolute Gasteiger partial charge is 0.398 e. The van der Waals surface area contributed by atoms with E-state index in [4.69, 9.17) is 5.73 Å². The quantitative estimate of drug-likeness (QED) is 0.718. The molecule has 0 bridgehead atoms. The first-order valence-corrected chi connectivity index (χ1v) is 4.83. The second-order valence-corrected chi connectivity index (χ2v) is 3.33. The second kappa shape index (κ2) is 3.58. The van der Waals surface area contributed by atoms with Crippen molar-refractivity contribution < 1.29 is 0 Å². The summed E-state index contributed by atoms with van der Waals surface area (Å²) in [6.45, 7) is 2.11. The summed E-state index contributed by atoms with van der Waals surface area (Å²) in [6, 6.07) is 10.2. The highest BCUT2D eigenvalue weighted by Crippen LogP contribution is 2.17. The van der Waals surface area contributed by atoms with Gasteiger partial charge in [-0.2, -0.15) is 0 Å². The van der Waals surface area contributed by atoms with Gasteiger partial charge in [0.1, 0.15) is 0 Å². The topological polar surface area (TPSA) is 30.9 Å². The Kier molecular flexibility index (Phi) is 2.27. The highest BCUT2D eigenvalue weighted by Gasteiger charge is 1.99. The third-order valence-corrected chi connectivity index (χ3v) is 2.41. The highest BCUT2D eigenvalue weighted by molar-refractivity contribution is 5.54. The van der Waals surface area contributed by atoms with Gasteiger partial charge in [0, 0.05) is 23.8 Å². The number of nitrogens with two attached hydrogens (primary N) is 1. The summed E-state index contributed by atoms with van der Waals surface area (Å²) in [4.78, 5) is 0. The maximum Gasteiger partial charge on any atom is 0.0470 e. The van der Waals surface area contributed by atoms with Crippen molar-refractivity contribution in [2.24, 2.45) is 0 Å². The fourth-order valence-corrected chi connectivity index (χ4v) is 1.57. The highest BCUT2D eigenvalue weighted by atomic mass is 14.9. The summed E-state index contributed by atoms with van der Waals surface area (Å²) in [5.41, 5.74) is 9.12. The van der Waals surface area contributed by atoms with E-state index in [2.05, 4.69) is 23.6 Å². The second-order valence-electron chi connectivity index (χ2n) is 3.33. The lowest BCUT2D eigenvalue weighted by atomic mass is 10.1. The predicted octanol–water partition coefficient (Wildman–Crippen LogP) is 2.62. The van der Waals surface area contributed by atoms with E-state index in [0.717, 1.165) is 17.8 Å². The van der Waals surface area contributed by atoms with E-state index in [1.807, 2.05) is 30.6 Å². The zero-order valence-electron chi connectivity index (χ0n) is 8.27. The zero-order chi connectivity index (χ0) is 9.97. The zero-order valence-corrected chi connectivity index (χ0v) is 8.27. The van der Waals surface area contributed by atoms with Crippen LogP contribution in [0.3, 0.4) is 0 Å². The van der Waals surface area contributed by atoms with Crippen molar-refractivity contribution in [3.63, 3.8) is 0 Å². The van der Waals surface area contributed by atoms with E-state index >= 15 is 0 Å². The van der Waals surface area contributed by atoms with Crippen molar-refractivity contribution in [3.8, 4) is 5.69 Å². The van der Waals surface area contributed by atoms with Crippen LogP contribution in [0, 0.1) is 0 Å². The van der Waals surface area contributed by atoms with E-state index in [9.17, 15) is 0 Å². The van der Waals surface area contributed by atoms with Crippen molar-refractivity contribution in [1.29, 1.82) is 0 Å². The van der Waals surface area contributed by atoms with Crippen molar-refractivity contribution in [2.75, 3.05) is 5.73 Å². The minimum absolute atomic E-state index is 0.874. The lowest BCUT2D eigenvalue weighted by Crippen LogP contribution is -1.96. The third kappa shape index (κ3) is 1.51. The molecule has 0 fully saturated rings. The Hall–Kier alpha value is -1.70. The molecule has 0 saturated heterocycles. The molecule has 2 N–H and O–H groups in total. The predicted molar refractivity (Wildman–Crippen MR) is 59.6 cm³/mol. The van der Waals surface area contributed by atoms with Gasteiger partial charge >= 0.3 is 0 Å². The van der Waals surface area contributed by atoms with Gasteiger partial charge in [0.15, 0.2) is 0 Å². The van der Waals surface area contributed by atoms with Gasteiger partial charge in [0.25, 0.3) is 0 Å². The number of aromatic nitrogens is 1. The standard InChI is InChI=1S/C12H14N2/c1-2-10-5-6-11(9-12(10)13)14-7-3-4-8-14/h3-9H,2,13H2,1H3. The normalized spacial score (nSPS) is 10.4. The molecule has 0 saturated carbocycles. The molecule has 72 valence electrons. The first-order chi connectivity index (χ1) is 6.81. The number of hydrogen-bond acceptors (Lipinski definition) is 1. The van der Waals surface area contributed by atoms with Gasteiger partial charge in [-0.3, -0.25) is 0 Å².